The molecule has 0 amide bonds. The normalized spacial score (nSPS) is 9.79. The van der Waals surface area contributed by atoms with E-state index in [0.29, 0.717) is 5.75 Å². The lowest BCUT2D eigenvalue weighted by Crippen LogP contribution is -2.15. The van der Waals surface area contributed by atoms with E-state index in [1.807, 2.05) is 0 Å². The number of nitrogens with zero attached hydrogens (tertiary/aromatic N) is 1. The van der Waals surface area contributed by atoms with Gasteiger partial charge in [0.1, 0.15) is 0 Å². The van der Waals surface area contributed by atoms with Gasteiger partial charge in [0.15, 0.2) is 11.5 Å². The van der Waals surface area contributed by atoms with E-state index in [-0.39, 0.29) is 30.1 Å². The summed E-state index contributed by atoms with van der Waals surface area (Å²) in [7, 11) is 2.81. The molecule has 0 aliphatic carbocycles. The highest BCUT2D eigenvalue weighted by Crippen LogP contribution is 2.33. The van der Waals surface area contributed by atoms with Crippen LogP contribution in [0.4, 0.5) is 5.69 Å². The van der Waals surface area contributed by atoms with Crippen LogP contribution < -0.4 is 14.8 Å². The third-order valence-electron chi connectivity index (χ3n) is 2.36. The molecule has 1 aromatic rings. The number of nitrogens with one attached hydrogen (secondary N) is 1. The molecule has 0 aromatic heterocycles. The van der Waals surface area contributed by atoms with Crippen LogP contribution in [0.2, 0.25) is 0 Å². The van der Waals surface area contributed by atoms with Crippen LogP contribution in [0.1, 0.15) is 10.4 Å². The predicted octanol–water partition coefficient (Wildman–Crippen LogP) is 1.09. The Morgan fingerprint density at radius 1 is 1.37 bits per heavy atom. The highest BCUT2D eigenvalue weighted by atomic mass is 16.6. The SMILES string of the molecule is COc1cc(NCC[N+](=O)[O-])c(C(=O)O)cc1OC. The number of aromatic carboxylic acids is 1. The van der Waals surface area contributed by atoms with Crippen molar-refractivity contribution >= 4 is 11.7 Å². The molecule has 0 fully saturated rings. The van der Waals surface area contributed by atoms with Crippen LogP contribution in [-0.4, -0.2) is 43.3 Å². The first kappa shape index (κ1) is 14.6. The van der Waals surface area contributed by atoms with Gasteiger partial charge >= 0.3 is 5.97 Å². The monoisotopic (exact) mass is 270 g/mol. The minimum Gasteiger partial charge on any atom is -0.493 e. The van der Waals surface area contributed by atoms with E-state index >= 15 is 0 Å². The van der Waals surface area contributed by atoms with E-state index < -0.39 is 10.9 Å². The van der Waals surface area contributed by atoms with E-state index in [4.69, 9.17) is 14.6 Å². The molecular weight excluding hydrogens is 256 g/mol. The summed E-state index contributed by atoms with van der Waals surface area (Å²) in [6, 6.07) is 2.73. The van der Waals surface area contributed by atoms with Gasteiger partial charge in [-0.1, -0.05) is 0 Å². The number of hydrogen-bond donors (Lipinski definition) is 2. The number of nitro groups is 1. The third-order valence-corrected chi connectivity index (χ3v) is 2.36. The lowest BCUT2D eigenvalue weighted by Gasteiger charge is -2.13. The molecule has 0 saturated carbocycles. The molecule has 0 aliphatic heterocycles. The van der Waals surface area contributed by atoms with Gasteiger partial charge in [-0.25, -0.2) is 4.79 Å². The Labute approximate surface area is 109 Å². The highest BCUT2D eigenvalue weighted by molar-refractivity contribution is 5.95. The zero-order chi connectivity index (χ0) is 14.4. The van der Waals surface area contributed by atoms with E-state index in [1.54, 1.807) is 0 Å². The number of rotatable bonds is 7. The number of methoxy groups -OCH3 is 2. The molecule has 1 rings (SSSR count). The van der Waals surface area contributed by atoms with Crippen LogP contribution in [-0.2, 0) is 0 Å². The van der Waals surface area contributed by atoms with Crippen molar-refractivity contribution in [3.63, 3.8) is 0 Å². The summed E-state index contributed by atoms with van der Waals surface area (Å²) in [5, 5.41) is 22.0. The average Bonchev–Trinajstić information content (AvgIpc) is 2.37. The van der Waals surface area contributed by atoms with Crippen LogP contribution in [0.3, 0.4) is 0 Å². The maximum Gasteiger partial charge on any atom is 0.337 e. The fraction of sp³-hybridized carbons (Fsp3) is 0.364. The second kappa shape index (κ2) is 6.43. The van der Waals surface area contributed by atoms with Crippen molar-refractivity contribution < 1.29 is 24.3 Å². The predicted molar refractivity (Wildman–Crippen MR) is 66.9 cm³/mol. The number of benzene rings is 1. The third kappa shape index (κ3) is 3.73. The summed E-state index contributed by atoms with van der Waals surface area (Å²) >= 11 is 0. The quantitative estimate of drug-likeness (QED) is 0.563. The summed E-state index contributed by atoms with van der Waals surface area (Å²) < 4.78 is 10.0. The second-order valence-corrected chi connectivity index (χ2v) is 3.54. The Hall–Kier alpha value is -2.51. The number of carboxylic acids is 1. The van der Waals surface area contributed by atoms with Crippen molar-refractivity contribution in [2.24, 2.45) is 0 Å². The average molecular weight is 270 g/mol. The first-order valence-corrected chi connectivity index (χ1v) is 5.34. The van der Waals surface area contributed by atoms with Crippen LogP contribution in [0.5, 0.6) is 11.5 Å². The lowest BCUT2D eigenvalue weighted by atomic mass is 10.1. The van der Waals surface area contributed by atoms with Gasteiger partial charge in [-0.3, -0.25) is 10.1 Å². The molecule has 0 heterocycles. The van der Waals surface area contributed by atoms with E-state index in [1.165, 1.54) is 26.4 Å². The number of anilines is 1. The van der Waals surface area contributed by atoms with Gasteiger partial charge in [-0.15, -0.1) is 0 Å². The van der Waals surface area contributed by atoms with E-state index in [2.05, 4.69) is 5.32 Å². The van der Waals surface area contributed by atoms with E-state index in [0.717, 1.165) is 0 Å². The molecule has 19 heavy (non-hydrogen) atoms. The Kier molecular flexibility index (Phi) is 4.92. The summed E-state index contributed by atoms with van der Waals surface area (Å²) in [5.41, 5.74) is 0.202. The molecular formula is C11H14N2O6. The first-order chi connectivity index (χ1) is 8.99. The number of ether oxygens (including phenoxy) is 2. The Morgan fingerprint density at radius 2 is 1.95 bits per heavy atom. The van der Waals surface area contributed by atoms with Crippen molar-refractivity contribution in [3.8, 4) is 11.5 Å². The number of carboxylic acid groups (broad SMARTS) is 1. The molecule has 0 saturated heterocycles. The smallest absolute Gasteiger partial charge is 0.337 e. The number of hydrogen-bond acceptors (Lipinski definition) is 6. The largest absolute Gasteiger partial charge is 0.493 e. The fourth-order valence-corrected chi connectivity index (χ4v) is 1.48. The molecule has 0 aliphatic rings. The van der Waals surface area contributed by atoms with Gasteiger partial charge in [0.25, 0.3) is 0 Å². The van der Waals surface area contributed by atoms with Crippen molar-refractivity contribution in [2.75, 3.05) is 32.6 Å². The fourth-order valence-electron chi connectivity index (χ4n) is 1.48. The summed E-state index contributed by atoms with van der Waals surface area (Å²) in [5.74, 6) is -0.541. The molecule has 0 bridgehead atoms. The highest BCUT2D eigenvalue weighted by Gasteiger charge is 2.16. The first-order valence-electron chi connectivity index (χ1n) is 5.34. The van der Waals surface area contributed by atoms with Crippen LogP contribution >= 0.6 is 0 Å². The van der Waals surface area contributed by atoms with Gasteiger partial charge in [0, 0.05) is 17.1 Å². The van der Waals surface area contributed by atoms with Crippen molar-refractivity contribution in [1.29, 1.82) is 0 Å². The molecule has 0 atom stereocenters. The van der Waals surface area contributed by atoms with Gasteiger partial charge in [0.05, 0.1) is 32.0 Å². The van der Waals surface area contributed by atoms with Crippen LogP contribution in [0.25, 0.3) is 0 Å². The summed E-state index contributed by atoms with van der Waals surface area (Å²) in [4.78, 5) is 20.9. The van der Waals surface area contributed by atoms with Gasteiger partial charge in [-0.05, 0) is 0 Å². The number of carbonyl (C=O) groups is 1. The minimum atomic E-state index is -1.16. The standard InChI is InChI=1S/C11H14N2O6/c1-18-9-5-7(11(14)15)8(6-10(9)19-2)12-3-4-13(16)17/h5-6,12H,3-4H2,1-2H3,(H,14,15). The molecule has 0 unspecified atom stereocenters. The molecule has 8 heteroatoms. The molecule has 8 nitrogen and oxygen atoms in total. The zero-order valence-corrected chi connectivity index (χ0v) is 10.5. The van der Waals surface area contributed by atoms with Crippen molar-refractivity contribution in [2.45, 2.75) is 0 Å². The van der Waals surface area contributed by atoms with E-state index in [9.17, 15) is 14.9 Å². The minimum absolute atomic E-state index is 0.0166. The van der Waals surface area contributed by atoms with Gasteiger partial charge < -0.3 is 19.9 Å². The molecule has 2 N–H and O–H groups in total. The molecule has 0 radical (unpaired) electrons. The van der Waals surface area contributed by atoms with Gasteiger partial charge in [-0.2, -0.15) is 0 Å². The molecule has 0 spiro atoms. The summed E-state index contributed by atoms with van der Waals surface area (Å²) in [6.45, 7) is -0.295. The zero-order valence-electron chi connectivity index (χ0n) is 10.5. The van der Waals surface area contributed by atoms with Crippen molar-refractivity contribution in [1.82, 2.24) is 0 Å². The van der Waals surface area contributed by atoms with Crippen LogP contribution in [0, 0.1) is 10.1 Å². The Balaban J connectivity index is 3.05. The van der Waals surface area contributed by atoms with Gasteiger partial charge in [0.2, 0.25) is 6.54 Å². The lowest BCUT2D eigenvalue weighted by molar-refractivity contribution is -0.476. The topological polar surface area (TPSA) is 111 Å². The summed E-state index contributed by atoms with van der Waals surface area (Å²) in [6.07, 6.45) is 0. The molecule has 1 aromatic carbocycles. The van der Waals surface area contributed by atoms with Crippen LogP contribution in [0.15, 0.2) is 12.1 Å². The maximum absolute atomic E-state index is 11.1. The maximum atomic E-state index is 11.1. The Morgan fingerprint density at radius 3 is 2.42 bits per heavy atom. The van der Waals surface area contributed by atoms with Crippen molar-refractivity contribution in [3.05, 3.63) is 27.8 Å². The second-order valence-electron chi connectivity index (χ2n) is 3.54. The molecule has 104 valence electrons. The Bertz CT molecular complexity index is 488.